The Hall–Kier alpha value is -1.35. The zero-order chi connectivity index (χ0) is 13.8. The molecule has 19 heavy (non-hydrogen) atoms. The smallest absolute Gasteiger partial charge is 0.0710 e. The summed E-state index contributed by atoms with van der Waals surface area (Å²) in [5.41, 5.74) is 6.20. The number of rotatable bonds is 3. The second kappa shape index (κ2) is 6.20. The van der Waals surface area contributed by atoms with E-state index < -0.39 is 0 Å². The summed E-state index contributed by atoms with van der Waals surface area (Å²) in [6.07, 6.45) is 1.02. The SMILES string of the molecule is CCc1ccc(N2CCOCC2)c(C)c1N=C(C)C. The number of hydrogen-bond donors (Lipinski definition) is 0. The molecule has 0 N–H and O–H groups in total. The lowest BCUT2D eigenvalue weighted by molar-refractivity contribution is 0.122. The highest BCUT2D eigenvalue weighted by Crippen LogP contribution is 2.33. The highest BCUT2D eigenvalue weighted by Gasteiger charge is 2.16. The Morgan fingerprint density at radius 1 is 1.26 bits per heavy atom. The summed E-state index contributed by atoms with van der Waals surface area (Å²) in [5, 5.41) is 0. The average Bonchev–Trinajstić information content (AvgIpc) is 2.41. The molecule has 1 aromatic rings. The number of benzene rings is 1. The molecule has 3 nitrogen and oxygen atoms in total. The second-order valence-electron chi connectivity index (χ2n) is 5.23. The average molecular weight is 260 g/mol. The molecule has 0 aromatic heterocycles. The van der Waals surface area contributed by atoms with Gasteiger partial charge < -0.3 is 9.64 Å². The van der Waals surface area contributed by atoms with Gasteiger partial charge in [-0.1, -0.05) is 13.0 Å². The first-order valence-electron chi connectivity index (χ1n) is 7.10. The van der Waals surface area contributed by atoms with E-state index in [1.165, 1.54) is 16.8 Å². The largest absolute Gasteiger partial charge is 0.378 e. The highest BCUT2D eigenvalue weighted by atomic mass is 16.5. The third kappa shape index (κ3) is 3.16. The Bertz CT molecular complexity index is 470. The number of nitrogens with zero attached hydrogens (tertiary/aromatic N) is 2. The maximum absolute atomic E-state index is 5.43. The van der Waals surface area contributed by atoms with E-state index in [0.717, 1.165) is 44.1 Å². The van der Waals surface area contributed by atoms with Crippen molar-refractivity contribution in [2.75, 3.05) is 31.2 Å². The lowest BCUT2D eigenvalue weighted by Crippen LogP contribution is -2.36. The fourth-order valence-electron chi connectivity index (χ4n) is 2.56. The monoisotopic (exact) mass is 260 g/mol. The Morgan fingerprint density at radius 2 is 1.95 bits per heavy atom. The van der Waals surface area contributed by atoms with Gasteiger partial charge in [-0.05, 0) is 44.4 Å². The molecule has 0 amide bonds. The van der Waals surface area contributed by atoms with E-state index in [9.17, 15) is 0 Å². The van der Waals surface area contributed by atoms with Crippen molar-refractivity contribution in [1.29, 1.82) is 0 Å². The van der Waals surface area contributed by atoms with Gasteiger partial charge in [0, 0.05) is 24.5 Å². The Kier molecular flexibility index (Phi) is 4.59. The summed E-state index contributed by atoms with van der Waals surface area (Å²) in [6.45, 7) is 12.1. The number of morpholine rings is 1. The van der Waals surface area contributed by atoms with Crippen molar-refractivity contribution < 1.29 is 4.74 Å². The van der Waals surface area contributed by atoms with Gasteiger partial charge in [-0.25, -0.2) is 0 Å². The van der Waals surface area contributed by atoms with E-state index in [2.05, 4.69) is 44.7 Å². The summed E-state index contributed by atoms with van der Waals surface area (Å²) in [5.74, 6) is 0. The molecule has 2 rings (SSSR count). The van der Waals surface area contributed by atoms with Crippen LogP contribution in [0.4, 0.5) is 11.4 Å². The van der Waals surface area contributed by atoms with Crippen LogP contribution in [0.3, 0.4) is 0 Å². The molecule has 0 atom stereocenters. The van der Waals surface area contributed by atoms with E-state index >= 15 is 0 Å². The molecule has 0 radical (unpaired) electrons. The molecule has 1 fully saturated rings. The van der Waals surface area contributed by atoms with Crippen molar-refractivity contribution in [2.45, 2.75) is 34.1 Å². The summed E-state index contributed by atoms with van der Waals surface area (Å²) < 4.78 is 5.43. The normalized spacial score (nSPS) is 15.5. The van der Waals surface area contributed by atoms with Crippen LogP contribution < -0.4 is 4.90 Å². The number of hydrogen-bond acceptors (Lipinski definition) is 3. The fraction of sp³-hybridized carbons (Fsp3) is 0.562. The zero-order valence-electron chi connectivity index (χ0n) is 12.5. The van der Waals surface area contributed by atoms with Crippen LogP contribution in [0.2, 0.25) is 0 Å². The Labute approximate surface area is 116 Å². The molecule has 1 saturated heterocycles. The van der Waals surface area contributed by atoms with Crippen molar-refractivity contribution in [3.05, 3.63) is 23.3 Å². The van der Waals surface area contributed by atoms with Crippen molar-refractivity contribution in [3.8, 4) is 0 Å². The van der Waals surface area contributed by atoms with Crippen molar-refractivity contribution in [3.63, 3.8) is 0 Å². The third-order valence-electron chi connectivity index (χ3n) is 3.55. The van der Waals surface area contributed by atoms with Crippen molar-refractivity contribution in [1.82, 2.24) is 0 Å². The zero-order valence-corrected chi connectivity index (χ0v) is 12.5. The van der Waals surface area contributed by atoms with E-state index in [4.69, 9.17) is 9.73 Å². The molecule has 0 aliphatic carbocycles. The van der Waals surface area contributed by atoms with Gasteiger partial charge in [0.05, 0.1) is 18.9 Å². The number of aryl methyl sites for hydroxylation is 1. The minimum absolute atomic E-state index is 0.820. The molecule has 104 valence electrons. The van der Waals surface area contributed by atoms with Crippen LogP contribution in [-0.4, -0.2) is 32.0 Å². The molecule has 1 aliphatic rings. The van der Waals surface area contributed by atoms with E-state index in [1.54, 1.807) is 0 Å². The lowest BCUT2D eigenvalue weighted by Gasteiger charge is -2.31. The Morgan fingerprint density at radius 3 is 2.53 bits per heavy atom. The second-order valence-corrected chi connectivity index (χ2v) is 5.23. The van der Waals surface area contributed by atoms with Gasteiger partial charge >= 0.3 is 0 Å². The first kappa shape index (κ1) is 14.1. The predicted octanol–water partition coefficient (Wildman–Crippen LogP) is 3.51. The number of aliphatic imine (C=N–C) groups is 1. The molecular weight excluding hydrogens is 236 g/mol. The van der Waals surface area contributed by atoms with Gasteiger partial charge in [-0.3, -0.25) is 4.99 Å². The summed E-state index contributed by atoms with van der Waals surface area (Å²) in [4.78, 5) is 7.15. The van der Waals surface area contributed by atoms with Crippen LogP contribution in [0.25, 0.3) is 0 Å². The highest BCUT2D eigenvalue weighted by molar-refractivity contribution is 5.84. The van der Waals surface area contributed by atoms with Crippen LogP contribution in [0.5, 0.6) is 0 Å². The van der Waals surface area contributed by atoms with Gasteiger partial charge in [-0.2, -0.15) is 0 Å². The fourth-order valence-corrected chi connectivity index (χ4v) is 2.56. The molecule has 0 spiro atoms. The molecule has 1 heterocycles. The summed E-state index contributed by atoms with van der Waals surface area (Å²) in [6, 6.07) is 4.46. The van der Waals surface area contributed by atoms with Crippen LogP contribution in [0.1, 0.15) is 31.9 Å². The predicted molar refractivity (Wildman–Crippen MR) is 82.0 cm³/mol. The third-order valence-corrected chi connectivity index (χ3v) is 3.55. The number of anilines is 1. The van der Waals surface area contributed by atoms with Crippen LogP contribution in [-0.2, 0) is 11.2 Å². The van der Waals surface area contributed by atoms with Gasteiger partial charge in [0.25, 0.3) is 0 Å². The molecular formula is C16H24N2O. The first-order valence-corrected chi connectivity index (χ1v) is 7.10. The van der Waals surface area contributed by atoms with Gasteiger partial charge in [-0.15, -0.1) is 0 Å². The molecule has 1 aliphatic heterocycles. The molecule has 0 saturated carbocycles. The lowest BCUT2D eigenvalue weighted by atomic mass is 10.0. The van der Waals surface area contributed by atoms with E-state index in [-0.39, 0.29) is 0 Å². The molecule has 0 bridgehead atoms. The van der Waals surface area contributed by atoms with Crippen molar-refractivity contribution in [2.24, 2.45) is 4.99 Å². The van der Waals surface area contributed by atoms with E-state index in [0.29, 0.717) is 0 Å². The topological polar surface area (TPSA) is 24.8 Å². The Balaban J connectivity index is 2.43. The molecule has 1 aromatic carbocycles. The van der Waals surface area contributed by atoms with Crippen LogP contribution in [0.15, 0.2) is 17.1 Å². The van der Waals surface area contributed by atoms with Gasteiger partial charge in [0.1, 0.15) is 0 Å². The minimum atomic E-state index is 0.820. The molecule has 0 unspecified atom stereocenters. The first-order chi connectivity index (χ1) is 9.13. The number of ether oxygens (including phenoxy) is 1. The van der Waals surface area contributed by atoms with Gasteiger partial charge in [0.2, 0.25) is 0 Å². The van der Waals surface area contributed by atoms with Crippen molar-refractivity contribution >= 4 is 17.1 Å². The maximum Gasteiger partial charge on any atom is 0.0710 e. The summed E-state index contributed by atoms with van der Waals surface area (Å²) >= 11 is 0. The summed E-state index contributed by atoms with van der Waals surface area (Å²) in [7, 11) is 0. The van der Waals surface area contributed by atoms with E-state index in [1.807, 2.05) is 0 Å². The van der Waals surface area contributed by atoms with Gasteiger partial charge in [0.15, 0.2) is 0 Å². The minimum Gasteiger partial charge on any atom is -0.378 e. The standard InChI is InChI=1S/C16H24N2O/c1-5-14-6-7-15(18-8-10-19-11-9-18)13(4)16(14)17-12(2)3/h6-7H,5,8-11H2,1-4H3. The maximum atomic E-state index is 5.43. The van der Waals surface area contributed by atoms with Crippen LogP contribution in [0, 0.1) is 6.92 Å². The molecule has 3 heteroatoms. The quantitative estimate of drug-likeness (QED) is 0.777. The van der Waals surface area contributed by atoms with Crippen LogP contribution >= 0.6 is 0 Å².